The summed E-state index contributed by atoms with van der Waals surface area (Å²) < 4.78 is 18.3. The number of aromatic hydroxyl groups is 8. The molecule has 1 fully saturated rings. The van der Waals surface area contributed by atoms with Gasteiger partial charge in [0.05, 0.1) is 12.5 Å². The van der Waals surface area contributed by atoms with E-state index in [1.54, 1.807) is 42.5 Å². The molecule has 0 amide bonds. The number of hydrogen-bond donors (Lipinski definition) is 12. The minimum Gasteiger partial charge on any atom is -0.508 e. The molecular formula is C48H42O15. The van der Waals surface area contributed by atoms with Gasteiger partial charge in [-0.2, -0.15) is 0 Å². The van der Waals surface area contributed by atoms with Crippen LogP contribution in [0.5, 0.6) is 57.5 Å². The van der Waals surface area contributed by atoms with Crippen LogP contribution < -0.4 is 9.47 Å². The second-order valence-corrected chi connectivity index (χ2v) is 16.6. The number of fused-ring (bicyclic) bond motifs is 6. The molecule has 6 aromatic rings. The SMILES string of the molecule is OCC1OC(Oc2c(O)cc3c(c2O)C(c2ccc(O)cc2)C2c4cc(O)cc5c4C(c4cc(O)cc(O)c4C(c4ccc(O)cc4)C32)C(c2ccc(O)cc2)O5)C(O)C(O)C1O. The van der Waals surface area contributed by atoms with Crippen molar-refractivity contribution >= 4 is 0 Å². The fourth-order valence-electron chi connectivity index (χ4n) is 10.5. The molecule has 0 aromatic heterocycles. The van der Waals surface area contributed by atoms with Gasteiger partial charge in [-0.3, -0.25) is 0 Å². The Balaban J connectivity index is 1.29. The molecule has 2 aliphatic carbocycles. The Kier molecular flexibility index (Phi) is 9.50. The highest BCUT2D eigenvalue weighted by atomic mass is 16.7. The maximum atomic E-state index is 12.6. The van der Waals surface area contributed by atoms with E-state index in [4.69, 9.17) is 14.2 Å². The lowest BCUT2D eigenvalue weighted by Gasteiger charge is -2.39. The van der Waals surface area contributed by atoms with E-state index in [1.807, 2.05) is 0 Å². The zero-order chi connectivity index (χ0) is 44.2. The van der Waals surface area contributed by atoms with E-state index in [-0.39, 0.29) is 45.8 Å². The first kappa shape index (κ1) is 40.2. The van der Waals surface area contributed by atoms with Gasteiger partial charge >= 0.3 is 0 Å². The summed E-state index contributed by atoms with van der Waals surface area (Å²) in [6.45, 7) is -0.767. The van der Waals surface area contributed by atoms with E-state index in [9.17, 15) is 61.3 Å². The monoisotopic (exact) mass is 858 g/mol. The van der Waals surface area contributed by atoms with E-state index in [0.717, 1.165) is 0 Å². The fraction of sp³-hybridized carbons (Fsp3) is 0.250. The Morgan fingerprint density at radius 1 is 0.476 bits per heavy atom. The fourth-order valence-corrected chi connectivity index (χ4v) is 10.5. The largest absolute Gasteiger partial charge is 0.508 e. The van der Waals surface area contributed by atoms with E-state index in [2.05, 4.69) is 0 Å². The molecule has 0 saturated carbocycles. The Morgan fingerprint density at radius 3 is 1.59 bits per heavy atom. The molecule has 0 bridgehead atoms. The number of phenols is 8. The highest BCUT2D eigenvalue weighted by Gasteiger charge is 2.55. The van der Waals surface area contributed by atoms with Crippen molar-refractivity contribution in [2.75, 3.05) is 6.61 Å². The number of hydrogen-bond acceptors (Lipinski definition) is 15. The third-order valence-electron chi connectivity index (χ3n) is 13.1. The number of aliphatic hydroxyl groups excluding tert-OH is 4. The molecule has 2 heterocycles. The predicted molar refractivity (Wildman–Crippen MR) is 221 cm³/mol. The molecule has 15 heteroatoms. The van der Waals surface area contributed by atoms with Crippen LogP contribution in [-0.4, -0.2) is 98.6 Å². The van der Waals surface area contributed by atoms with Crippen LogP contribution in [-0.2, 0) is 4.74 Å². The molecular weight excluding hydrogens is 817 g/mol. The van der Waals surface area contributed by atoms with Crippen LogP contribution in [0.1, 0.15) is 85.8 Å². The molecule has 15 nitrogen and oxygen atoms in total. The Hall–Kier alpha value is -6.88. The summed E-state index contributed by atoms with van der Waals surface area (Å²) in [6, 6.07) is 26.1. The first-order valence-electron chi connectivity index (χ1n) is 20.3. The molecule has 11 atom stereocenters. The lowest BCUT2D eigenvalue weighted by molar-refractivity contribution is -0.277. The van der Waals surface area contributed by atoms with Crippen LogP contribution in [0.25, 0.3) is 0 Å². The van der Waals surface area contributed by atoms with Gasteiger partial charge in [0.1, 0.15) is 70.8 Å². The lowest BCUT2D eigenvalue weighted by atomic mass is 9.63. The van der Waals surface area contributed by atoms with E-state index < -0.39 is 90.3 Å². The van der Waals surface area contributed by atoms with Gasteiger partial charge in [-0.1, -0.05) is 36.4 Å². The third-order valence-corrected chi connectivity index (χ3v) is 13.1. The van der Waals surface area contributed by atoms with Gasteiger partial charge < -0.3 is 75.5 Å². The summed E-state index contributed by atoms with van der Waals surface area (Å²) in [5.41, 5.74) is 4.16. The number of phenolic OH excluding ortho intramolecular Hbond substituents is 8. The van der Waals surface area contributed by atoms with Gasteiger partial charge in [-0.25, -0.2) is 0 Å². The van der Waals surface area contributed by atoms with E-state index in [1.165, 1.54) is 60.7 Å². The predicted octanol–water partition coefficient (Wildman–Crippen LogP) is 4.93. The van der Waals surface area contributed by atoms with Crippen molar-refractivity contribution in [2.45, 2.75) is 66.4 Å². The zero-order valence-electron chi connectivity index (χ0n) is 33.0. The molecule has 63 heavy (non-hydrogen) atoms. The van der Waals surface area contributed by atoms with Crippen LogP contribution >= 0.6 is 0 Å². The van der Waals surface area contributed by atoms with Crippen LogP contribution in [0.2, 0.25) is 0 Å². The molecule has 2 aliphatic heterocycles. The summed E-state index contributed by atoms with van der Waals surface area (Å²) in [5, 5.41) is 133. The Bertz CT molecular complexity index is 2740. The Morgan fingerprint density at radius 2 is 1.00 bits per heavy atom. The van der Waals surface area contributed by atoms with Gasteiger partial charge in [0.15, 0.2) is 11.5 Å². The molecule has 12 N–H and O–H groups in total. The third kappa shape index (κ3) is 6.30. The molecule has 6 aromatic carbocycles. The van der Waals surface area contributed by atoms with Crippen molar-refractivity contribution in [3.8, 4) is 57.5 Å². The number of rotatable bonds is 6. The maximum absolute atomic E-state index is 12.6. The van der Waals surface area contributed by atoms with Crippen LogP contribution in [0.4, 0.5) is 0 Å². The Labute approximate surface area is 358 Å². The summed E-state index contributed by atoms with van der Waals surface area (Å²) in [5.74, 6) is -6.69. The van der Waals surface area contributed by atoms with Crippen molar-refractivity contribution in [3.63, 3.8) is 0 Å². The highest BCUT2D eigenvalue weighted by molar-refractivity contribution is 5.72. The van der Waals surface area contributed by atoms with E-state index in [0.29, 0.717) is 44.5 Å². The topological polar surface area (TPSA) is 270 Å². The van der Waals surface area contributed by atoms with Crippen LogP contribution in [0.15, 0.2) is 103 Å². The first-order chi connectivity index (χ1) is 30.2. The van der Waals surface area contributed by atoms with Gasteiger partial charge in [-0.15, -0.1) is 0 Å². The summed E-state index contributed by atoms with van der Waals surface area (Å²) in [4.78, 5) is 0. The van der Waals surface area contributed by atoms with Gasteiger partial charge in [0.2, 0.25) is 12.0 Å². The average molecular weight is 859 g/mol. The minimum atomic E-state index is -1.90. The smallest absolute Gasteiger partial charge is 0.229 e. The van der Waals surface area contributed by atoms with Gasteiger partial charge in [0, 0.05) is 52.5 Å². The molecule has 11 unspecified atom stereocenters. The average Bonchev–Trinajstić information content (AvgIpc) is 3.79. The van der Waals surface area contributed by atoms with Crippen molar-refractivity contribution in [1.29, 1.82) is 0 Å². The van der Waals surface area contributed by atoms with Crippen molar-refractivity contribution < 1.29 is 75.5 Å². The second kappa shape index (κ2) is 14.9. The molecule has 0 spiro atoms. The minimum absolute atomic E-state index is 0.00889. The maximum Gasteiger partial charge on any atom is 0.229 e. The molecule has 324 valence electrons. The van der Waals surface area contributed by atoms with Gasteiger partial charge in [0.25, 0.3) is 0 Å². The quantitative estimate of drug-likeness (QED) is 0.106. The standard InChI is InChI=1S/C48H42O15/c49-18-33-42(57)44(59)45(60)48(62-33)63-47-31(56)17-29-39-34(19-1-7-22(50)8-2-19)36-27(13-25(53)15-30(36)55)41-37-28(38(39)35(40(29)43(47)58)20-3-9-23(51)10-4-20)14-26(54)16-32(37)61-46(41)21-5-11-24(52)12-6-21/h1-17,33-35,38-39,41-42,44-46,48-60H,18H2. The van der Waals surface area contributed by atoms with Crippen molar-refractivity contribution in [2.24, 2.45) is 0 Å². The molecule has 4 aliphatic rings. The van der Waals surface area contributed by atoms with Crippen molar-refractivity contribution in [3.05, 3.63) is 153 Å². The number of ether oxygens (including phenoxy) is 3. The van der Waals surface area contributed by atoms with Crippen LogP contribution in [0.3, 0.4) is 0 Å². The summed E-state index contributed by atoms with van der Waals surface area (Å²) >= 11 is 0. The second-order valence-electron chi connectivity index (χ2n) is 16.6. The molecule has 0 radical (unpaired) electrons. The first-order valence-corrected chi connectivity index (χ1v) is 20.3. The highest BCUT2D eigenvalue weighted by Crippen LogP contribution is 2.70. The number of aliphatic hydroxyl groups is 4. The summed E-state index contributed by atoms with van der Waals surface area (Å²) in [6.07, 6.45) is -9.48. The van der Waals surface area contributed by atoms with E-state index >= 15 is 0 Å². The van der Waals surface area contributed by atoms with Crippen LogP contribution in [0, 0.1) is 0 Å². The van der Waals surface area contributed by atoms with Crippen molar-refractivity contribution in [1.82, 2.24) is 0 Å². The molecule has 10 rings (SSSR count). The van der Waals surface area contributed by atoms with Gasteiger partial charge in [-0.05, 0) is 88.0 Å². The number of benzene rings is 6. The molecule has 1 saturated heterocycles. The zero-order valence-corrected chi connectivity index (χ0v) is 33.0. The lowest BCUT2D eigenvalue weighted by Crippen LogP contribution is -2.60. The summed E-state index contributed by atoms with van der Waals surface area (Å²) in [7, 11) is 0. The normalized spacial score (nSPS) is 27.8.